The summed E-state index contributed by atoms with van der Waals surface area (Å²) < 4.78 is 0.990. The molecule has 0 aliphatic heterocycles. The third-order valence-electron chi connectivity index (χ3n) is 1.75. The smallest absolute Gasteiger partial charge is 0.0801 e. The fourth-order valence-corrected chi connectivity index (χ4v) is 1.43. The molecule has 0 aromatic heterocycles. The fraction of sp³-hybridized carbons (Fsp3) is 0.625. The Balaban J connectivity index is 2.72. The first-order valence-electron chi connectivity index (χ1n) is 3.59. The summed E-state index contributed by atoms with van der Waals surface area (Å²) in [4.78, 5) is 4.37. The third-order valence-corrected chi connectivity index (χ3v) is 1.92. The van der Waals surface area contributed by atoms with Crippen molar-refractivity contribution in [2.24, 2.45) is 4.99 Å². The molecule has 1 aliphatic rings. The maximum atomic E-state index is 4.37. The van der Waals surface area contributed by atoms with E-state index in [9.17, 15) is 0 Å². The van der Waals surface area contributed by atoms with E-state index in [-0.39, 0.29) is 0 Å². The molecule has 0 N–H and O–H groups in total. The van der Waals surface area contributed by atoms with Crippen LogP contribution in [0, 0.1) is 0 Å². The molecule has 0 heterocycles. The van der Waals surface area contributed by atoms with Crippen molar-refractivity contribution < 1.29 is 0 Å². The van der Waals surface area contributed by atoms with E-state index in [2.05, 4.69) is 27.8 Å². The standard InChI is InChI=1S/C8H12BrN/c1-6-4-3-5-8(6)10-7(2)9/h3-5H2,1-2H3. The highest BCUT2D eigenvalue weighted by Crippen LogP contribution is 2.26. The van der Waals surface area contributed by atoms with Gasteiger partial charge >= 0.3 is 0 Å². The molecule has 1 rings (SSSR count). The highest BCUT2D eigenvalue weighted by atomic mass is 79.9. The van der Waals surface area contributed by atoms with Gasteiger partial charge in [-0.3, -0.25) is 4.99 Å². The lowest BCUT2D eigenvalue weighted by molar-refractivity contribution is 0.889. The van der Waals surface area contributed by atoms with Gasteiger partial charge in [0.15, 0.2) is 0 Å². The number of aliphatic imine (C=N–C) groups is 1. The zero-order valence-corrected chi connectivity index (χ0v) is 8.03. The van der Waals surface area contributed by atoms with Crippen LogP contribution in [0.15, 0.2) is 16.3 Å². The van der Waals surface area contributed by atoms with Crippen molar-refractivity contribution in [1.82, 2.24) is 0 Å². The van der Waals surface area contributed by atoms with Gasteiger partial charge in [0, 0.05) is 5.70 Å². The first-order chi connectivity index (χ1) is 4.70. The maximum absolute atomic E-state index is 4.37. The SMILES string of the molecule is CC(Br)=NC1=C(C)CCC1. The summed E-state index contributed by atoms with van der Waals surface area (Å²) in [6, 6.07) is 0. The molecular formula is C8H12BrN. The summed E-state index contributed by atoms with van der Waals surface area (Å²) in [7, 11) is 0. The summed E-state index contributed by atoms with van der Waals surface area (Å²) >= 11 is 3.33. The van der Waals surface area contributed by atoms with Crippen LogP contribution in [0.5, 0.6) is 0 Å². The molecule has 0 saturated carbocycles. The van der Waals surface area contributed by atoms with Crippen LogP contribution in [-0.4, -0.2) is 4.62 Å². The van der Waals surface area contributed by atoms with Gasteiger partial charge in [-0.2, -0.15) is 0 Å². The van der Waals surface area contributed by atoms with Crippen molar-refractivity contribution in [1.29, 1.82) is 0 Å². The molecule has 0 bridgehead atoms. The molecule has 1 nitrogen and oxygen atoms in total. The number of hydrogen-bond donors (Lipinski definition) is 0. The van der Waals surface area contributed by atoms with Gasteiger partial charge in [-0.25, -0.2) is 0 Å². The second kappa shape index (κ2) is 3.33. The Bertz CT molecular complexity index is 187. The van der Waals surface area contributed by atoms with E-state index in [0.717, 1.165) is 11.0 Å². The van der Waals surface area contributed by atoms with Crippen LogP contribution in [0.3, 0.4) is 0 Å². The summed E-state index contributed by atoms with van der Waals surface area (Å²) in [5.41, 5.74) is 2.74. The van der Waals surface area contributed by atoms with Crippen molar-refractivity contribution in [2.75, 3.05) is 0 Å². The van der Waals surface area contributed by atoms with Gasteiger partial charge in [-0.15, -0.1) is 0 Å². The van der Waals surface area contributed by atoms with E-state index in [1.807, 2.05) is 6.92 Å². The van der Waals surface area contributed by atoms with Crippen molar-refractivity contribution >= 4 is 20.6 Å². The largest absolute Gasteiger partial charge is 0.251 e. The lowest BCUT2D eigenvalue weighted by Crippen LogP contribution is -1.79. The minimum atomic E-state index is 0.990. The van der Waals surface area contributed by atoms with E-state index in [0.29, 0.717) is 0 Å². The van der Waals surface area contributed by atoms with Crippen molar-refractivity contribution in [2.45, 2.75) is 33.1 Å². The zero-order chi connectivity index (χ0) is 7.56. The van der Waals surface area contributed by atoms with Crippen LogP contribution in [0.4, 0.5) is 0 Å². The normalized spacial score (nSPS) is 20.5. The molecule has 0 aromatic carbocycles. The number of halogens is 1. The minimum Gasteiger partial charge on any atom is -0.251 e. The van der Waals surface area contributed by atoms with E-state index in [1.54, 1.807) is 0 Å². The minimum absolute atomic E-state index is 0.990. The first kappa shape index (κ1) is 7.99. The monoisotopic (exact) mass is 201 g/mol. The Hall–Kier alpha value is -0.110. The molecule has 0 radical (unpaired) electrons. The molecule has 0 spiro atoms. The van der Waals surface area contributed by atoms with E-state index < -0.39 is 0 Å². The van der Waals surface area contributed by atoms with Crippen molar-refractivity contribution in [3.8, 4) is 0 Å². The number of nitrogens with zero attached hydrogens (tertiary/aromatic N) is 1. The van der Waals surface area contributed by atoms with Crippen molar-refractivity contribution in [3.63, 3.8) is 0 Å². The van der Waals surface area contributed by atoms with Gasteiger partial charge in [-0.05, 0) is 49.0 Å². The lowest BCUT2D eigenvalue weighted by Gasteiger charge is -1.94. The maximum Gasteiger partial charge on any atom is 0.0801 e. The Labute approximate surface area is 70.4 Å². The van der Waals surface area contributed by atoms with Gasteiger partial charge in [0.25, 0.3) is 0 Å². The van der Waals surface area contributed by atoms with E-state index in [1.165, 1.54) is 24.1 Å². The molecule has 0 atom stereocenters. The third kappa shape index (κ3) is 1.94. The highest BCUT2D eigenvalue weighted by Gasteiger charge is 2.08. The second-order valence-electron chi connectivity index (χ2n) is 2.69. The van der Waals surface area contributed by atoms with Crippen LogP contribution in [0.25, 0.3) is 0 Å². The molecule has 0 amide bonds. The fourth-order valence-electron chi connectivity index (χ4n) is 1.22. The Kier molecular flexibility index (Phi) is 2.66. The zero-order valence-electron chi connectivity index (χ0n) is 6.45. The Morgan fingerprint density at radius 1 is 1.50 bits per heavy atom. The van der Waals surface area contributed by atoms with Crippen LogP contribution in [0.2, 0.25) is 0 Å². The van der Waals surface area contributed by atoms with E-state index >= 15 is 0 Å². The summed E-state index contributed by atoms with van der Waals surface area (Å²) in [6.07, 6.45) is 3.68. The van der Waals surface area contributed by atoms with E-state index in [4.69, 9.17) is 0 Å². The van der Waals surface area contributed by atoms with Gasteiger partial charge in [0.05, 0.1) is 4.62 Å². The predicted octanol–water partition coefficient (Wildman–Crippen LogP) is 3.26. The average Bonchev–Trinajstić information content (AvgIpc) is 2.15. The quantitative estimate of drug-likeness (QED) is 0.578. The number of allylic oxidation sites excluding steroid dienone is 2. The first-order valence-corrected chi connectivity index (χ1v) is 4.39. The highest BCUT2D eigenvalue weighted by molar-refractivity contribution is 9.18. The second-order valence-corrected chi connectivity index (χ2v) is 3.84. The molecule has 0 saturated heterocycles. The average molecular weight is 202 g/mol. The van der Waals surface area contributed by atoms with Crippen molar-refractivity contribution in [3.05, 3.63) is 11.3 Å². The molecule has 2 heteroatoms. The molecule has 56 valence electrons. The number of rotatable bonds is 1. The van der Waals surface area contributed by atoms with Crippen LogP contribution in [-0.2, 0) is 0 Å². The Morgan fingerprint density at radius 3 is 2.60 bits per heavy atom. The predicted molar refractivity (Wildman–Crippen MR) is 48.6 cm³/mol. The van der Waals surface area contributed by atoms with Crippen LogP contribution < -0.4 is 0 Å². The lowest BCUT2D eigenvalue weighted by atomic mass is 10.3. The molecule has 0 fully saturated rings. The van der Waals surface area contributed by atoms with Gasteiger partial charge < -0.3 is 0 Å². The molecule has 10 heavy (non-hydrogen) atoms. The molecule has 0 aromatic rings. The molecular weight excluding hydrogens is 190 g/mol. The summed E-state index contributed by atoms with van der Waals surface area (Å²) in [6.45, 7) is 4.14. The molecule has 1 aliphatic carbocycles. The molecule has 0 unspecified atom stereocenters. The summed E-state index contributed by atoms with van der Waals surface area (Å²) in [5, 5.41) is 0. The van der Waals surface area contributed by atoms with Gasteiger partial charge in [-0.1, -0.05) is 5.57 Å². The van der Waals surface area contributed by atoms with Crippen LogP contribution in [0.1, 0.15) is 33.1 Å². The Morgan fingerprint density at radius 2 is 2.20 bits per heavy atom. The summed E-state index contributed by atoms with van der Waals surface area (Å²) in [5.74, 6) is 0. The number of hydrogen-bond acceptors (Lipinski definition) is 1. The van der Waals surface area contributed by atoms with Gasteiger partial charge in [0.1, 0.15) is 0 Å². The topological polar surface area (TPSA) is 12.4 Å². The van der Waals surface area contributed by atoms with Crippen LogP contribution >= 0.6 is 15.9 Å². The van der Waals surface area contributed by atoms with Gasteiger partial charge in [0.2, 0.25) is 0 Å².